The predicted octanol–water partition coefficient (Wildman–Crippen LogP) is 3.04. The highest BCUT2D eigenvalue weighted by Crippen LogP contribution is 2.39. The lowest BCUT2D eigenvalue weighted by Crippen LogP contribution is -2.24. The van der Waals surface area contributed by atoms with Crippen LogP contribution in [0, 0.1) is 0 Å². The molecule has 0 aliphatic heterocycles. The van der Waals surface area contributed by atoms with E-state index in [1.54, 1.807) is 7.05 Å². The van der Waals surface area contributed by atoms with Gasteiger partial charge in [-0.05, 0) is 47.2 Å². The SMILES string of the molecule is CCN(C)CC(O)c1cc(Br)c(N)c(C(F)(F)F)c1. The smallest absolute Gasteiger partial charge is 0.397 e. The Morgan fingerprint density at radius 2 is 2.00 bits per heavy atom. The van der Waals surface area contributed by atoms with Crippen LogP contribution in [0.1, 0.15) is 24.2 Å². The number of rotatable bonds is 4. The molecule has 0 bridgehead atoms. The number of alkyl halides is 3. The number of benzene rings is 1. The highest BCUT2D eigenvalue weighted by atomic mass is 79.9. The Morgan fingerprint density at radius 1 is 1.42 bits per heavy atom. The van der Waals surface area contributed by atoms with E-state index in [1.807, 2.05) is 11.8 Å². The van der Waals surface area contributed by atoms with E-state index in [9.17, 15) is 18.3 Å². The van der Waals surface area contributed by atoms with E-state index in [2.05, 4.69) is 15.9 Å². The Balaban J connectivity index is 3.13. The monoisotopic (exact) mass is 340 g/mol. The van der Waals surface area contributed by atoms with Gasteiger partial charge in [-0.2, -0.15) is 13.2 Å². The summed E-state index contributed by atoms with van der Waals surface area (Å²) in [5.41, 5.74) is 4.29. The lowest BCUT2D eigenvalue weighted by atomic mass is 10.0. The molecule has 3 N–H and O–H groups in total. The first kappa shape index (κ1) is 16.3. The second kappa shape index (κ2) is 6.11. The van der Waals surface area contributed by atoms with Crippen LogP contribution >= 0.6 is 15.9 Å². The molecule has 0 saturated heterocycles. The molecule has 1 rings (SSSR count). The largest absolute Gasteiger partial charge is 0.418 e. The second-order valence-corrected chi connectivity index (χ2v) is 5.19. The van der Waals surface area contributed by atoms with E-state index in [1.165, 1.54) is 6.07 Å². The summed E-state index contributed by atoms with van der Waals surface area (Å²) in [6, 6.07) is 2.31. The summed E-state index contributed by atoms with van der Waals surface area (Å²) >= 11 is 2.99. The molecule has 1 atom stereocenters. The topological polar surface area (TPSA) is 49.5 Å². The van der Waals surface area contributed by atoms with Gasteiger partial charge in [-0.3, -0.25) is 0 Å². The molecular formula is C12H16BrF3N2O. The highest BCUT2D eigenvalue weighted by molar-refractivity contribution is 9.10. The lowest BCUT2D eigenvalue weighted by molar-refractivity contribution is -0.137. The number of hydrogen-bond donors (Lipinski definition) is 2. The molecule has 3 nitrogen and oxygen atoms in total. The molecule has 1 unspecified atom stereocenters. The van der Waals surface area contributed by atoms with E-state index in [0.717, 1.165) is 6.07 Å². The van der Waals surface area contributed by atoms with Crippen molar-refractivity contribution in [1.82, 2.24) is 4.90 Å². The van der Waals surface area contributed by atoms with Crippen LogP contribution in [0.2, 0.25) is 0 Å². The van der Waals surface area contributed by atoms with Crippen LogP contribution in [0.5, 0.6) is 0 Å². The number of aliphatic hydroxyl groups excluding tert-OH is 1. The first-order valence-corrected chi connectivity index (χ1v) is 6.48. The molecule has 1 aromatic carbocycles. The molecule has 0 heterocycles. The van der Waals surface area contributed by atoms with E-state index in [0.29, 0.717) is 6.54 Å². The minimum Gasteiger partial charge on any atom is -0.397 e. The second-order valence-electron chi connectivity index (χ2n) is 4.33. The standard InChI is InChI=1S/C12H16BrF3N2O/c1-3-18(2)6-10(19)7-4-8(12(14,15)16)11(17)9(13)5-7/h4-5,10,19H,3,6,17H2,1-2H3. The van der Waals surface area contributed by atoms with Gasteiger partial charge < -0.3 is 15.7 Å². The molecule has 1 aromatic rings. The van der Waals surface area contributed by atoms with Crippen molar-refractivity contribution in [1.29, 1.82) is 0 Å². The van der Waals surface area contributed by atoms with Gasteiger partial charge in [0.1, 0.15) is 0 Å². The average molecular weight is 341 g/mol. The van der Waals surface area contributed by atoms with Crippen LogP contribution in [-0.4, -0.2) is 30.1 Å². The fraction of sp³-hybridized carbons (Fsp3) is 0.500. The van der Waals surface area contributed by atoms with Crippen molar-refractivity contribution in [3.8, 4) is 0 Å². The fourth-order valence-electron chi connectivity index (χ4n) is 1.60. The number of anilines is 1. The summed E-state index contributed by atoms with van der Waals surface area (Å²) in [5.74, 6) is 0. The minimum absolute atomic E-state index is 0.135. The normalized spacial score (nSPS) is 13.9. The van der Waals surface area contributed by atoms with Gasteiger partial charge in [0.2, 0.25) is 0 Å². The van der Waals surface area contributed by atoms with Crippen molar-refractivity contribution in [2.45, 2.75) is 19.2 Å². The minimum atomic E-state index is -4.54. The van der Waals surface area contributed by atoms with Gasteiger partial charge in [0.05, 0.1) is 17.4 Å². The highest BCUT2D eigenvalue weighted by Gasteiger charge is 2.34. The number of nitrogens with two attached hydrogens (primary N) is 1. The van der Waals surface area contributed by atoms with E-state index in [-0.39, 0.29) is 22.3 Å². The Kier molecular flexibility index (Phi) is 5.23. The number of aliphatic hydroxyl groups is 1. The zero-order chi connectivity index (χ0) is 14.8. The third-order valence-corrected chi connectivity index (χ3v) is 3.52. The predicted molar refractivity (Wildman–Crippen MR) is 71.7 cm³/mol. The van der Waals surface area contributed by atoms with Crippen molar-refractivity contribution < 1.29 is 18.3 Å². The Labute approximate surface area is 118 Å². The van der Waals surface area contributed by atoms with Crippen molar-refractivity contribution >= 4 is 21.6 Å². The first-order valence-electron chi connectivity index (χ1n) is 5.69. The summed E-state index contributed by atoms with van der Waals surface area (Å²) in [6.07, 6.45) is -5.54. The van der Waals surface area contributed by atoms with Crippen LogP contribution < -0.4 is 5.73 Å². The maximum absolute atomic E-state index is 12.8. The third-order valence-electron chi connectivity index (χ3n) is 2.87. The van der Waals surface area contributed by atoms with Gasteiger partial charge in [-0.25, -0.2) is 0 Å². The quantitative estimate of drug-likeness (QED) is 0.828. The molecule has 0 radical (unpaired) electrons. The average Bonchev–Trinajstić information content (AvgIpc) is 2.30. The van der Waals surface area contributed by atoms with Gasteiger partial charge in [-0.15, -0.1) is 0 Å². The Hall–Kier alpha value is -0.790. The van der Waals surface area contributed by atoms with Crippen molar-refractivity contribution in [2.75, 3.05) is 25.9 Å². The molecule has 19 heavy (non-hydrogen) atoms. The summed E-state index contributed by atoms with van der Waals surface area (Å²) in [7, 11) is 1.78. The molecule has 7 heteroatoms. The Bertz CT molecular complexity index is 451. The maximum atomic E-state index is 12.8. The van der Waals surface area contributed by atoms with Crippen molar-refractivity contribution in [3.63, 3.8) is 0 Å². The summed E-state index contributed by atoms with van der Waals surface area (Å²) in [4.78, 5) is 1.81. The third kappa shape index (κ3) is 4.09. The van der Waals surface area contributed by atoms with Crippen LogP contribution in [-0.2, 0) is 6.18 Å². The van der Waals surface area contributed by atoms with Crippen LogP contribution in [0.4, 0.5) is 18.9 Å². The zero-order valence-electron chi connectivity index (χ0n) is 10.6. The molecule has 0 aromatic heterocycles. The van der Waals surface area contributed by atoms with E-state index in [4.69, 9.17) is 5.73 Å². The molecule has 0 fully saturated rings. The van der Waals surface area contributed by atoms with Crippen LogP contribution in [0.15, 0.2) is 16.6 Å². The summed E-state index contributed by atoms with van der Waals surface area (Å²) in [6.45, 7) is 2.84. The van der Waals surface area contributed by atoms with Gasteiger partial charge >= 0.3 is 6.18 Å². The van der Waals surface area contributed by atoms with E-state index >= 15 is 0 Å². The number of halogens is 4. The number of hydrogen-bond acceptors (Lipinski definition) is 3. The zero-order valence-corrected chi connectivity index (χ0v) is 12.2. The summed E-state index contributed by atoms with van der Waals surface area (Å²) < 4.78 is 38.6. The molecule has 0 aliphatic carbocycles. The number of nitrogens with zero attached hydrogens (tertiary/aromatic N) is 1. The summed E-state index contributed by atoms with van der Waals surface area (Å²) in [5, 5.41) is 9.96. The molecular weight excluding hydrogens is 325 g/mol. The lowest BCUT2D eigenvalue weighted by Gasteiger charge is -2.21. The van der Waals surface area contributed by atoms with Crippen LogP contribution in [0.25, 0.3) is 0 Å². The molecule has 0 aliphatic rings. The van der Waals surface area contributed by atoms with Crippen LogP contribution in [0.3, 0.4) is 0 Å². The molecule has 0 amide bonds. The van der Waals surface area contributed by atoms with Gasteiger partial charge in [0, 0.05) is 11.0 Å². The maximum Gasteiger partial charge on any atom is 0.418 e. The van der Waals surface area contributed by atoms with Crippen molar-refractivity contribution in [2.24, 2.45) is 0 Å². The van der Waals surface area contributed by atoms with E-state index < -0.39 is 17.8 Å². The Morgan fingerprint density at radius 3 is 2.47 bits per heavy atom. The van der Waals surface area contributed by atoms with Gasteiger partial charge in [-0.1, -0.05) is 6.92 Å². The number of likely N-dealkylation sites (N-methyl/N-ethyl adjacent to an activating group) is 1. The fourth-order valence-corrected chi connectivity index (χ4v) is 2.07. The molecule has 0 saturated carbocycles. The van der Waals surface area contributed by atoms with Crippen molar-refractivity contribution in [3.05, 3.63) is 27.7 Å². The molecule has 0 spiro atoms. The van der Waals surface area contributed by atoms with Gasteiger partial charge in [0.15, 0.2) is 0 Å². The molecule has 108 valence electrons. The first-order chi connectivity index (χ1) is 8.66. The van der Waals surface area contributed by atoms with Gasteiger partial charge in [0.25, 0.3) is 0 Å². The number of nitrogen functional groups attached to an aromatic ring is 1.